The van der Waals surface area contributed by atoms with E-state index in [1.165, 1.54) is 19.1 Å². The Balaban J connectivity index is 2.03. The molecule has 4 N–H and O–H groups in total. The molecule has 0 bridgehead atoms. The van der Waals surface area contributed by atoms with E-state index < -0.39 is 24.0 Å². The molecule has 0 spiro atoms. The molecular weight excluding hydrogens is 309 g/mol. The highest BCUT2D eigenvalue weighted by Gasteiger charge is 2.38. The van der Waals surface area contributed by atoms with Gasteiger partial charge in [-0.05, 0) is 48.6 Å². The maximum Gasteiger partial charge on any atom is 0.313 e. The van der Waals surface area contributed by atoms with Crippen LogP contribution in [-0.4, -0.2) is 28.8 Å². The molecule has 0 aliphatic carbocycles. The zero-order chi connectivity index (χ0) is 17.7. The number of rotatable bonds is 7. The summed E-state index contributed by atoms with van der Waals surface area (Å²) in [6.45, 7) is 0.953. The lowest BCUT2D eigenvalue weighted by molar-refractivity contribution is -0.151. The predicted molar refractivity (Wildman–Crippen MR) is 91.0 cm³/mol. The fourth-order valence-electron chi connectivity index (χ4n) is 2.52. The fraction of sp³-hybridized carbons (Fsp3) is 0.316. The maximum absolute atomic E-state index is 13.3. The first-order chi connectivity index (χ1) is 11.4. The summed E-state index contributed by atoms with van der Waals surface area (Å²) in [6.07, 6.45) is 1.05. The second kappa shape index (κ2) is 7.55. The Hall–Kier alpha value is -2.24. The normalized spacial score (nSPS) is 14.8. The third-order valence-electron chi connectivity index (χ3n) is 4.49. The third-order valence-corrected chi connectivity index (χ3v) is 4.49. The van der Waals surface area contributed by atoms with Crippen LogP contribution in [0.1, 0.15) is 18.9 Å². The van der Waals surface area contributed by atoms with Crippen LogP contribution in [0, 0.1) is 11.2 Å². The molecule has 0 amide bonds. The number of aliphatic carboxylic acids is 1. The van der Waals surface area contributed by atoms with Crippen LogP contribution in [0.25, 0.3) is 11.1 Å². The molecule has 2 aromatic carbocycles. The Morgan fingerprint density at radius 2 is 1.88 bits per heavy atom. The van der Waals surface area contributed by atoms with Crippen molar-refractivity contribution in [2.24, 2.45) is 11.1 Å². The molecule has 0 fully saturated rings. The van der Waals surface area contributed by atoms with E-state index in [0.29, 0.717) is 12.8 Å². The number of carboxylic acids is 1. The second-order valence-electron chi connectivity index (χ2n) is 6.23. The van der Waals surface area contributed by atoms with Gasteiger partial charge in [-0.2, -0.15) is 0 Å². The van der Waals surface area contributed by atoms with Gasteiger partial charge >= 0.3 is 5.97 Å². The van der Waals surface area contributed by atoms with E-state index in [0.717, 1.165) is 16.7 Å². The van der Waals surface area contributed by atoms with Gasteiger partial charge in [0.1, 0.15) is 11.2 Å². The molecule has 2 atom stereocenters. The zero-order valence-electron chi connectivity index (χ0n) is 13.6. The first-order valence-electron chi connectivity index (χ1n) is 7.81. The van der Waals surface area contributed by atoms with Crippen molar-refractivity contribution in [3.05, 3.63) is 59.9 Å². The van der Waals surface area contributed by atoms with E-state index in [1.54, 1.807) is 6.07 Å². The van der Waals surface area contributed by atoms with E-state index in [4.69, 9.17) is 5.73 Å². The summed E-state index contributed by atoms with van der Waals surface area (Å²) < 4.78 is 13.3. The third kappa shape index (κ3) is 3.99. The number of nitrogens with two attached hydrogens (primary N) is 1. The van der Waals surface area contributed by atoms with Crippen LogP contribution >= 0.6 is 0 Å². The van der Waals surface area contributed by atoms with Gasteiger partial charge in [0.25, 0.3) is 0 Å². The molecule has 0 aliphatic heterocycles. The van der Waals surface area contributed by atoms with Gasteiger partial charge in [0.05, 0.1) is 6.61 Å². The summed E-state index contributed by atoms with van der Waals surface area (Å²) in [7, 11) is 0. The van der Waals surface area contributed by atoms with Crippen molar-refractivity contribution in [1.29, 1.82) is 0 Å². The van der Waals surface area contributed by atoms with Crippen molar-refractivity contribution in [3.63, 3.8) is 0 Å². The molecule has 0 radical (unpaired) electrons. The predicted octanol–water partition coefficient (Wildman–Crippen LogP) is 2.84. The highest BCUT2D eigenvalue weighted by atomic mass is 19.1. The summed E-state index contributed by atoms with van der Waals surface area (Å²) in [5.41, 5.74) is 7.34. The molecule has 5 heteroatoms. The minimum Gasteiger partial charge on any atom is -0.481 e. The Kier molecular flexibility index (Phi) is 5.70. The number of carboxylic acid groups (broad SMARTS) is 1. The summed E-state index contributed by atoms with van der Waals surface area (Å²) in [5.74, 6) is -1.38. The number of hydrogen-bond acceptors (Lipinski definition) is 3. The van der Waals surface area contributed by atoms with Crippen LogP contribution in [0.4, 0.5) is 4.39 Å². The minimum atomic E-state index is -1.35. The van der Waals surface area contributed by atoms with Crippen molar-refractivity contribution in [3.8, 4) is 11.1 Å². The van der Waals surface area contributed by atoms with Crippen molar-refractivity contribution in [2.45, 2.75) is 25.8 Å². The molecule has 0 saturated carbocycles. The Labute approximate surface area is 140 Å². The van der Waals surface area contributed by atoms with Crippen LogP contribution in [0.2, 0.25) is 0 Å². The van der Waals surface area contributed by atoms with Crippen molar-refractivity contribution < 1.29 is 19.4 Å². The number of benzene rings is 2. The maximum atomic E-state index is 13.3. The first kappa shape index (κ1) is 18.1. The highest BCUT2D eigenvalue weighted by molar-refractivity contribution is 5.75. The lowest BCUT2D eigenvalue weighted by atomic mass is 9.81. The van der Waals surface area contributed by atoms with Crippen LogP contribution in [0.5, 0.6) is 0 Å². The summed E-state index contributed by atoms with van der Waals surface area (Å²) in [6, 6.07) is 13.4. The number of aryl methyl sites for hydroxylation is 1. The van der Waals surface area contributed by atoms with E-state index in [9.17, 15) is 19.4 Å². The number of carbonyl (C=O) groups is 1. The lowest BCUT2D eigenvalue weighted by Crippen LogP contribution is -2.48. The van der Waals surface area contributed by atoms with Gasteiger partial charge in [0.2, 0.25) is 0 Å². The number of halogens is 1. The van der Waals surface area contributed by atoms with E-state index >= 15 is 0 Å². The largest absolute Gasteiger partial charge is 0.481 e. The van der Waals surface area contributed by atoms with Gasteiger partial charge < -0.3 is 15.9 Å². The quantitative estimate of drug-likeness (QED) is 0.728. The van der Waals surface area contributed by atoms with Gasteiger partial charge in [-0.3, -0.25) is 4.79 Å². The van der Waals surface area contributed by atoms with E-state index in [-0.39, 0.29) is 5.82 Å². The van der Waals surface area contributed by atoms with Gasteiger partial charge in [-0.25, -0.2) is 4.39 Å². The number of aliphatic hydroxyl groups excluding tert-OH is 1. The molecule has 0 aromatic heterocycles. The topological polar surface area (TPSA) is 83.5 Å². The SMILES string of the molecule is C[C@@](CO)(C(=O)O)C(N)CCc1ccc(-c2cccc(F)c2)cc1. The van der Waals surface area contributed by atoms with Crippen molar-refractivity contribution in [1.82, 2.24) is 0 Å². The molecule has 1 unspecified atom stereocenters. The van der Waals surface area contributed by atoms with Gasteiger partial charge in [-0.1, -0.05) is 36.4 Å². The monoisotopic (exact) mass is 331 g/mol. The number of aliphatic hydroxyl groups is 1. The van der Waals surface area contributed by atoms with E-state index in [1.807, 2.05) is 30.3 Å². The van der Waals surface area contributed by atoms with Crippen LogP contribution in [0.15, 0.2) is 48.5 Å². The standard InChI is InChI=1S/C19H22FNO3/c1-19(12-22,18(23)24)17(21)10-7-13-5-8-14(9-6-13)15-3-2-4-16(20)11-15/h2-6,8-9,11,17,22H,7,10,12,21H2,1H3,(H,23,24)/t17?,19-/m0/s1. The molecule has 2 aromatic rings. The van der Waals surface area contributed by atoms with Gasteiger partial charge in [-0.15, -0.1) is 0 Å². The summed E-state index contributed by atoms with van der Waals surface area (Å²) >= 11 is 0. The van der Waals surface area contributed by atoms with Crippen molar-refractivity contribution >= 4 is 5.97 Å². The number of hydrogen-bond donors (Lipinski definition) is 3. The Bertz CT molecular complexity index is 702. The zero-order valence-corrected chi connectivity index (χ0v) is 13.6. The van der Waals surface area contributed by atoms with E-state index in [2.05, 4.69) is 0 Å². The Morgan fingerprint density at radius 3 is 2.42 bits per heavy atom. The lowest BCUT2D eigenvalue weighted by Gasteiger charge is -2.29. The Morgan fingerprint density at radius 1 is 1.21 bits per heavy atom. The molecule has 128 valence electrons. The second-order valence-corrected chi connectivity index (χ2v) is 6.23. The average Bonchev–Trinajstić information content (AvgIpc) is 2.59. The smallest absolute Gasteiger partial charge is 0.313 e. The molecule has 0 saturated heterocycles. The van der Waals surface area contributed by atoms with Gasteiger partial charge in [0.15, 0.2) is 0 Å². The molecule has 0 heterocycles. The first-order valence-corrected chi connectivity index (χ1v) is 7.81. The molecule has 0 aliphatic rings. The highest BCUT2D eigenvalue weighted by Crippen LogP contribution is 2.25. The molecular formula is C19H22FNO3. The molecule has 4 nitrogen and oxygen atoms in total. The molecule has 24 heavy (non-hydrogen) atoms. The van der Waals surface area contributed by atoms with Crippen LogP contribution in [0.3, 0.4) is 0 Å². The van der Waals surface area contributed by atoms with Crippen LogP contribution < -0.4 is 5.73 Å². The minimum absolute atomic E-state index is 0.278. The average molecular weight is 331 g/mol. The van der Waals surface area contributed by atoms with Crippen molar-refractivity contribution in [2.75, 3.05) is 6.61 Å². The fourth-order valence-corrected chi connectivity index (χ4v) is 2.52. The summed E-state index contributed by atoms with van der Waals surface area (Å²) in [5, 5.41) is 18.5. The van der Waals surface area contributed by atoms with Crippen LogP contribution in [-0.2, 0) is 11.2 Å². The molecule has 2 rings (SSSR count). The van der Waals surface area contributed by atoms with Gasteiger partial charge in [0, 0.05) is 6.04 Å². The summed E-state index contributed by atoms with van der Waals surface area (Å²) in [4.78, 5) is 11.3.